The second-order valence-electron chi connectivity index (χ2n) is 5.58. The molecule has 0 saturated carbocycles. The summed E-state index contributed by atoms with van der Waals surface area (Å²) >= 11 is 0. The molecule has 0 aliphatic rings. The Morgan fingerprint density at radius 3 is 2.00 bits per heavy atom. The number of Topliss-reactive ketones (excluding diaryl/α,β-unsaturated/α-hetero) is 1. The number of nitrogens with one attached hydrogen (secondary N) is 1. The molecule has 0 atom stereocenters. The number of rotatable bonds is 10. The molecule has 0 rings (SSSR count). The second kappa shape index (κ2) is 10.1. The zero-order valence-corrected chi connectivity index (χ0v) is 12.4. The maximum Gasteiger partial charge on any atom is 0.222 e. The summed E-state index contributed by atoms with van der Waals surface area (Å²) in [5, 5.41) is 2.91. The lowest BCUT2D eigenvalue weighted by atomic mass is 10.0. The summed E-state index contributed by atoms with van der Waals surface area (Å²) < 4.78 is 0. The number of carbonyl (C=O) groups excluding carboxylic acids is 2. The van der Waals surface area contributed by atoms with Crippen LogP contribution < -0.4 is 5.32 Å². The molecule has 0 unspecified atom stereocenters. The number of amides is 1. The van der Waals surface area contributed by atoms with E-state index in [-0.39, 0.29) is 19.2 Å². The molecule has 0 aliphatic heterocycles. The van der Waals surface area contributed by atoms with Crippen molar-refractivity contribution in [3.05, 3.63) is 0 Å². The largest absolute Gasteiger partial charge is 0.356 e. The summed E-state index contributed by atoms with van der Waals surface area (Å²) in [5.41, 5.74) is 0. The molecule has 0 aromatic carbocycles. The van der Waals surface area contributed by atoms with Crippen LogP contribution in [-0.4, -0.2) is 18.2 Å². The molecule has 3 heteroatoms. The molecule has 0 bridgehead atoms. The van der Waals surface area contributed by atoms with Crippen molar-refractivity contribution in [2.24, 2.45) is 11.8 Å². The zero-order chi connectivity index (χ0) is 14.0. The Hall–Kier alpha value is -0.860. The quantitative estimate of drug-likeness (QED) is 0.608. The lowest BCUT2D eigenvalue weighted by Gasteiger charge is -2.07. The molecule has 108 valence electrons. The third-order valence-corrected chi connectivity index (χ3v) is 3.07. The molecule has 0 aromatic rings. The Morgan fingerprint density at radius 1 is 0.889 bits per heavy atom. The van der Waals surface area contributed by atoms with Crippen molar-refractivity contribution < 1.29 is 11.0 Å². The van der Waals surface area contributed by atoms with Gasteiger partial charge in [0.2, 0.25) is 5.91 Å². The lowest BCUT2D eigenvalue weighted by Crippen LogP contribution is -2.28. The molecule has 0 spiro atoms. The van der Waals surface area contributed by atoms with Crippen molar-refractivity contribution in [1.82, 2.24) is 5.32 Å². The van der Waals surface area contributed by atoms with E-state index in [9.17, 15) is 9.59 Å². The van der Waals surface area contributed by atoms with Crippen LogP contribution in [0.25, 0.3) is 0 Å². The SMILES string of the molecule is CC(C)C(=O)CCCCCCCNC(=O)C(C)C.[HH]. The number of carbonyl (C=O) groups is 2. The molecule has 0 aromatic heterocycles. The molecule has 1 amide bonds. The minimum absolute atomic E-state index is 0. The Bertz CT molecular complexity index is 227. The van der Waals surface area contributed by atoms with Gasteiger partial charge in [0.15, 0.2) is 0 Å². The van der Waals surface area contributed by atoms with E-state index >= 15 is 0 Å². The zero-order valence-electron chi connectivity index (χ0n) is 12.4. The van der Waals surface area contributed by atoms with Gasteiger partial charge in [0.1, 0.15) is 5.78 Å². The summed E-state index contributed by atoms with van der Waals surface area (Å²) in [7, 11) is 0. The standard InChI is InChI=1S/C15H29NO2.H2/c1-12(2)14(17)10-8-6-5-7-9-11-16-15(18)13(3)4;/h12-13H,5-11H2,1-4H3,(H,16,18);1H. The molecule has 1 N–H and O–H groups in total. The van der Waals surface area contributed by atoms with Crippen LogP contribution in [0.3, 0.4) is 0 Å². The van der Waals surface area contributed by atoms with Gasteiger partial charge in [0, 0.05) is 26.2 Å². The van der Waals surface area contributed by atoms with Crippen molar-refractivity contribution >= 4 is 11.7 Å². The Balaban J connectivity index is 0. The maximum atomic E-state index is 11.4. The van der Waals surface area contributed by atoms with Crippen LogP contribution in [-0.2, 0) is 9.59 Å². The fourth-order valence-electron chi connectivity index (χ4n) is 1.66. The smallest absolute Gasteiger partial charge is 0.222 e. The van der Waals surface area contributed by atoms with Crippen molar-refractivity contribution in [1.29, 1.82) is 0 Å². The highest BCUT2D eigenvalue weighted by atomic mass is 16.1. The predicted octanol–water partition coefficient (Wildman–Crippen LogP) is 3.57. The highest BCUT2D eigenvalue weighted by molar-refractivity contribution is 5.80. The number of ketones is 1. The van der Waals surface area contributed by atoms with Crippen LogP contribution in [0.5, 0.6) is 0 Å². The van der Waals surface area contributed by atoms with E-state index in [0.29, 0.717) is 5.78 Å². The first-order valence-corrected chi connectivity index (χ1v) is 7.25. The van der Waals surface area contributed by atoms with E-state index in [1.807, 2.05) is 27.7 Å². The minimum Gasteiger partial charge on any atom is -0.356 e. The molecule has 18 heavy (non-hydrogen) atoms. The molecule has 0 aliphatic carbocycles. The fourth-order valence-corrected chi connectivity index (χ4v) is 1.66. The topological polar surface area (TPSA) is 46.2 Å². The van der Waals surface area contributed by atoms with Gasteiger partial charge in [0.05, 0.1) is 0 Å². The van der Waals surface area contributed by atoms with E-state index in [4.69, 9.17) is 0 Å². The van der Waals surface area contributed by atoms with Crippen molar-refractivity contribution in [3.8, 4) is 0 Å². The van der Waals surface area contributed by atoms with Crippen LogP contribution in [0.4, 0.5) is 0 Å². The number of unbranched alkanes of at least 4 members (excludes halogenated alkanes) is 4. The van der Waals surface area contributed by atoms with Crippen LogP contribution in [0.2, 0.25) is 0 Å². The minimum atomic E-state index is 0. The van der Waals surface area contributed by atoms with Gasteiger partial charge in [-0.25, -0.2) is 0 Å². The van der Waals surface area contributed by atoms with Crippen LogP contribution in [0, 0.1) is 11.8 Å². The summed E-state index contributed by atoms with van der Waals surface area (Å²) in [6.07, 6.45) is 6.18. The van der Waals surface area contributed by atoms with Gasteiger partial charge >= 0.3 is 0 Å². The van der Waals surface area contributed by atoms with E-state index in [0.717, 1.165) is 45.1 Å². The van der Waals surface area contributed by atoms with Crippen LogP contribution >= 0.6 is 0 Å². The van der Waals surface area contributed by atoms with Crippen molar-refractivity contribution in [2.75, 3.05) is 6.54 Å². The van der Waals surface area contributed by atoms with Gasteiger partial charge in [0.25, 0.3) is 0 Å². The van der Waals surface area contributed by atoms with E-state index < -0.39 is 0 Å². The summed E-state index contributed by atoms with van der Waals surface area (Å²) in [6.45, 7) is 8.50. The third kappa shape index (κ3) is 9.20. The maximum absolute atomic E-state index is 11.4. The van der Waals surface area contributed by atoms with Crippen LogP contribution in [0.15, 0.2) is 0 Å². The highest BCUT2D eigenvalue weighted by Gasteiger charge is 2.06. The Kier molecular flexibility index (Phi) is 9.62. The van der Waals surface area contributed by atoms with Crippen molar-refractivity contribution in [3.63, 3.8) is 0 Å². The van der Waals surface area contributed by atoms with Crippen molar-refractivity contribution in [2.45, 2.75) is 66.2 Å². The monoisotopic (exact) mass is 257 g/mol. The molecule has 0 radical (unpaired) electrons. The van der Waals surface area contributed by atoms with Gasteiger partial charge in [-0.2, -0.15) is 0 Å². The summed E-state index contributed by atoms with van der Waals surface area (Å²) in [6, 6.07) is 0. The predicted molar refractivity (Wildman–Crippen MR) is 77.5 cm³/mol. The second-order valence-corrected chi connectivity index (χ2v) is 5.58. The highest BCUT2D eigenvalue weighted by Crippen LogP contribution is 2.08. The first-order chi connectivity index (χ1) is 8.45. The van der Waals surface area contributed by atoms with Crippen LogP contribution in [0.1, 0.15) is 67.6 Å². The third-order valence-electron chi connectivity index (χ3n) is 3.07. The first-order valence-electron chi connectivity index (χ1n) is 7.25. The lowest BCUT2D eigenvalue weighted by molar-refractivity contribution is -0.124. The summed E-state index contributed by atoms with van der Waals surface area (Å²) in [4.78, 5) is 22.6. The van der Waals surface area contributed by atoms with E-state index in [2.05, 4.69) is 5.32 Å². The normalized spacial score (nSPS) is 11.0. The molecular weight excluding hydrogens is 226 g/mol. The molecule has 0 heterocycles. The average Bonchev–Trinajstić information content (AvgIpc) is 2.31. The summed E-state index contributed by atoms with van der Waals surface area (Å²) in [5.74, 6) is 0.764. The fraction of sp³-hybridized carbons (Fsp3) is 0.867. The molecule has 0 fully saturated rings. The number of hydrogen-bond donors (Lipinski definition) is 1. The van der Waals surface area contributed by atoms with Gasteiger partial charge in [-0.15, -0.1) is 0 Å². The first kappa shape index (κ1) is 17.1. The van der Waals surface area contributed by atoms with Gasteiger partial charge in [-0.1, -0.05) is 47.0 Å². The van der Waals surface area contributed by atoms with E-state index in [1.165, 1.54) is 0 Å². The molecular formula is C15H31NO2. The van der Waals surface area contributed by atoms with Gasteiger partial charge < -0.3 is 5.32 Å². The Labute approximate surface area is 113 Å². The van der Waals surface area contributed by atoms with Gasteiger partial charge in [-0.3, -0.25) is 9.59 Å². The molecule has 0 saturated heterocycles. The molecule has 3 nitrogen and oxygen atoms in total. The Morgan fingerprint density at radius 2 is 1.44 bits per heavy atom. The van der Waals surface area contributed by atoms with E-state index in [1.54, 1.807) is 0 Å². The van der Waals surface area contributed by atoms with Gasteiger partial charge in [-0.05, 0) is 12.8 Å². The number of hydrogen-bond acceptors (Lipinski definition) is 2. The average molecular weight is 257 g/mol.